The van der Waals surface area contributed by atoms with Gasteiger partial charge in [0.25, 0.3) is 0 Å². The fourth-order valence-electron chi connectivity index (χ4n) is 1.16. The molecule has 0 aromatic heterocycles. The first-order valence-electron chi connectivity index (χ1n) is 4.61. The molecule has 0 saturated carbocycles. The Kier molecular flexibility index (Phi) is 4.27. The lowest BCUT2D eigenvalue weighted by atomic mass is 10.4. The third-order valence-electron chi connectivity index (χ3n) is 1.77. The van der Waals surface area contributed by atoms with Crippen LogP contribution >= 0.6 is 7.60 Å². The van der Waals surface area contributed by atoms with Crippen LogP contribution in [0.25, 0.3) is 0 Å². The molecule has 5 nitrogen and oxygen atoms in total. The lowest BCUT2D eigenvalue weighted by molar-refractivity contribution is 0.277. The zero-order valence-corrected chi connectivity index (χ0v) is 10.4. The minimum absolute atomic E-state index is 0.00190. The van der Waals surface area contributed by atoms with Crippen LogP contribution in [0.3, 0.4) is 0 Å². The van der Waals surface area contributed by atoms with Gasteiger partial charge in [0.15, 0.2) is 15.3 Å². The van der Waals surface area contributed by atoms with Gasteiger partial charge in [0.2, 0.25) is 0 Å². The second-order valence-electron chi connectivity index (χ2n) is 3.11. The molecular formula is C9H13O5PS. The third kappa shape index (κ3) is 3.72. The minimum atomic E-state index is -4.07. The van der Waals surface area contributed by atoms with Gasteiger partial charge in [0.1, 0.15) is 0 Å². The van der Waals surface area contributed by atoms with E-state index in [1.807, 2.05) is 0 Å². The quantitative estimate of drug-likeness (QED) is 0.818. The summed E-state index contributed by atoms with van der Waals surface area (Å²) in [5.41, 5.74) is -0.891. The molecule has 1 N–H and O–H groups in total. The van der Waals surface area contributed by atoms with Gasteiger partial charge in [-0.3, -0.25) is 4.57 Å². The standard InChI is InChI=1S/C9H13O5PS/c1-2-14-15(10,11)8-16(12,13)9-6-4-3-5-7-9/h3-7H,2,8H2,1H3,(H,10,11). The highest BCUT2D eigenvalue weighted by Gasteiger charge is 2.29. The number of hydrogen-bond acceptors (Lipinski definition) is 4. The fourth-order valence-corrected chi connectivity index (χ4v) is 4.74. The Morgan fingerprint density at radius 2 is 1.88 bits per heavy atom. The molecule has 0 fully saturated rings. The number of benzene rings is 1. The minimum Gasteiger partial charge on any atom is -0.324 e. The van der Waals surface area contributed by atoms with Crippen LogP contribution < -0.4 is 0 Å². The molecule has 0 aliphatic rings. The van der Waals surface area contributed by atoms with E-state index < -0.39 is 22.9 Å². The summed E-state index contributed by atoms with van der Waals surface area (Å²) in [5, 5.41) is 0. The van der Waals surface area contributed by atoms with Crippen LogP contribution in [0.4, 0.5) is 0 Å². The van der Waals surface area contributed by atoms with Crippen molar-refractivity contribution in [3.8, 4) is 0 Å². The van der Waals surface area contributed by atoms with Gasteiger partial charge in [-0.15, -0.1) is 0 Å². The molecule has 1 atom stereocenters. The molecule has 0 saturated heterocycles. The highest BCUT2D eigenvalue weighted by molar-refractivity contribution is 7.97. The van der Waals surface area contributed by atoms with Gasteiger partial charge >= 0.3 is 7.60 Å². The molecule has 1 unspecified atom stereocenters. The van der Waals surface area contributed by atoms with Crippen molar-refractivity contribution in [2.75, 3.05) is 12.1 Å². The fraction of sp³-hybridized carbons (Fsp3) is 0.333. The molecule has 0 aliphatic carbocycles. The summed E-state index contributed by atoms with van der Waals surface area (Å²) >= 11 is 0. The van der Waals surface area contributed by atoms with Crippen molar-refractivity contribution in [1.82, 2.24) is 0 Å². The SMILES string of the molecule is CCOP(=O)(O)CS(=O)(=O)c1ccccc1. The lowest BCUT2D eigenvalue weighted by Gasteiger charge is -2.10. The first-order valence-corrected chi connectivity index (χ1v) is 8.03. The van der Waals surface area contributed by atoms with E-state index in [1.165, 1.54) is 19.1 Å². The maximum atomic E-state index is 11.7. The van der Waals surface area contributed by atoms with Gasteiger partial charge in [-0.2, -0.15) is 0 Å². The number of sulfone groups is 1. The van der Waals surface area contributed by atoms with E-state index in [0.29, 0.717) is 0 Å². The van der Waals surface area contributed by atoms with Crippen molar-refractivity contribution >= 4 is 17.4 Å². The molecule has 90 valence electrons. The van der Waals surface area contributed by atoms with Crippen molar-refractivity contribution in [3.63, 3.8) is 0 Å². The van der Waals surface area contributed by atoms with E-state index in [0.717, 1.165) is 0 Å². The predicted molar refractivity (Wildman–Crippen MR) is 59.9 cm³/mol. The highest BCUT2D eigenvalue weighted by atomic mass is 32.2. The monoisotopic (exact) mass is 264 g/mol. The largest absolute Gasteiger partial charge is 0.343 e. The Labute approximate surface area is 94.5 Å². The van der Waals surface area contributed by atoms with Crippen LogP contribution in [0, 0.1) is 0 Å². The molecule has 1 aromatic carbocycles. The first-order chi connectivity index (χ1) is 7.37. The molecule has 0 heterocycles. The maximum absolute atomic E-state index is 11.7. The molecule has 0 spiro atoms. The molecule has 1 aromatic rings. The average molecular weight is 264 g/mol. The molecule has 0 radical (unpaired) electrons. The lowest BCUT2D eigenvalue weighted by Crippen LogP contribution is -2.08. The number of rotatable bonds is 5. The van der Waals surface area contributed by atoms with E-state index in [-0.39, 0.29) is 11.5 Å². The summed E-state index contributed by atoms with van der Waals surface area (Å²) in [6.45, 7) is 1.52. The maximum Gasteiger partial charge on any atom is 0.343 e. The molecule has 0 amide bonds. The van der Waals surface area contributed by atoms with E-state index in [2.05, 4.69) is 4.52 Å². The normalized spacial score (nSPS) is 15.6. The zero-order chi connectivity index (χ0) is 12.2. The van der Waals surface area contributed by atoms with Gasteiger partial charge in [-0.05, 0) is 19.1 Å². The third-order valence-corrected chi connectivity index (χ3v) is 6.08. The van der Waals surface area contributed by atoms with Gasteiger partial charge in [-0.1, -0.05) is 18.2 Å². The summed E-state index contributed by atoms with van der Waals surface area (Å²) in [6.07, 6.45) is 0. The van der Waals surface area contributed by atoms with E-state index in [1.54, 1.807) is 18.2 Å². The Bertz CT molecular complexity index is 482. The molecular weight excluding hydrogens is 251 g/mol. The van der Waals surface area contributed by atoms with Gasteiger partial charge in [0, 0.05) is 0 Å². The van der Waals surface area contributed by atoms with Crippen molar-refractivity contribution in [3.05, 3.63) is 30.3 Å². The Hall–Kier alpha value is -0.680. The summed E-state index contributed by atoms with van der Waals surface area (Å²) in [5.74, 6) is 0. The summed E-state index contributed by atoms with van der Waals surface area (Å²) in [7, 11) is -7.85. The van der Waals surface area contributed by atoms with E-state index in [4.69, 9.17) is 0 Å². The second kappa shape index (κ2) is 5.10. The van der Waals surface area contributed by atoms with Crippen molar-refractivity contribution < 1.29 is 22.4 Å². The van der Waals surface area contributed by atoms with Crippen LogP contribution in [0.1, 0.15) is 6.92 Å². The molecule has 7 heteroatoms. The van der Waals surface area contributed by atoms with Crippen LogP contribution in [0.2, 0.25) is 0 Å². The first kappa shape index (κ1) is 13.4. The van der Waals surface area contributed by atoms with Crippen molar-refractivity contribution in [2.24, 2.45) is 0 Å². The van der Waals surface area contributed by atoms with Gasteiger partial charge in [-0.25, -0.2) is 8.42 Å². The van der Waals surface area contributed by atoms with Gasteiger partial charge in [0.05, 0.1) is 11.5 Å². The van der Waals surface area contributed by atoms with Crippen molar-refractivity contribution in [1.29, 1.82) is 0 Å². The topological polar surface area (TPSA) is 80.7 Å². The average Bonchev–Trinajstić information content (AvgIpc) is 2.17. The van der Waals surface area contributed by atoms with Crippen LogP contribution in [0.15, 0.2) is 35.2 Å². The summed E-state index contributed by atoms with van der Waals surface area (Å²) in [6, 6.07) is 7.52. The predicted octanol–water partition coefficient (Wildman–Crippen LogP) is 1.64. The van der Waals surface area contributed by atoms with E-state index in [9.17, 15) is 17.9 Å². The molecule has 16 heavy (non-hydrogen) atoms. The molecule has 0 bridgehead atoms. The number of hydrogen-bond donors (Lipinski definition) is 1. The summed E-state index contributed by atoms with van der Waals surface area (Å²) in [4.78, 5) is 9.28. The molecule has 1 rings (SSSR count). The smallest absolute Gasteiger partial charge is 0.324 e. The summed E-state index contributed by atoms with van der Waals surface area (Å²) < 4.78 is 39.3. The Balaban J connectivity index is 2.94. The van der Waals surface area contributed by atoms with Crippen LogP contribution in [0.5, 0.6) is 0 Å². The van der Waals surface area contributed by atoms with Crippen molar-refractivity contribution in [2.45, 2.75) is 11.8 Å². The van der Waals surface area contributed by atoms with Crippen LogP contribution in [-0.4, -0.2) is 25.4 Å². The Morgan fingerprint density at radius 1 is 1.31 bits per heavy atom. The Morgan fingerprint density at radius 3 is 2.38 bits per heavy atom. The second-order valence-corrected chi connectivity index (χ2v) is 7.38. The highest BCUT2D eigenvalue weighted by Crippen LogP contribution is 2.44. The van der Waals surface area contributed by atoms with Crippen LogP contribution in [-0.2, 0) is 18.9 Å². The van der Waals surface area contributed by atoms with Gasteiger partial charge < -0.3 is 9.42 Å². The molecule has 0 aliphatic heterocycles. The van der Waals surface area contributed by atoms with E-state index >= 15 is 0 Å². The zero-order valence-electron chi connectivity index (χ0n) is 8.74.